The molecule has 19 heavy (non-hydrogen) atoms. The number of benzene rings is 1. The number of hydrogen-bond donors (Lipinski definition) is 0. The van der Waals surface area contributed by atoms with Gasteiger partial charge in [-0.15, -0.1) is 0 Å². The first-order valence-electron chi connectivity index (χ1n) is 5.78. The van der Waals surface area contributed by atoms with Crippen LogP contribution in [0.5, 0.6) is 0 Å². The zero-order valence-electron chi connectivity index (χ0n) is 10.5. The van der Waals surface area contributed by atoms with Crippen LogP contribution in [-0.2, 0) is 11.2 Å². The van der Waals surface area contributed by atoms with Gasteiger partial charge in [0.1, 0.15) is 11.6 Å². The smallest absolute Gasteiger partial charge is 0.234 e. The monoisotopic (exact) mass is 282 g/mol. The van der Waals surface area contributed by atoms with Gasteiger partial charge < -0.3 is 4.52 Å². The molecule has 2 rings (SSSR count). The number of rotatable bonds is 4. The molecule has 0 saturated carbocycles. The van der Waals surface area contributed by atoms with Gasteiger partial charge in [0.05, 0.1) is 11.4 Å². The fraction of sp³-hybridized carbons (Fsp3) is 0.308. The number of carbonyl (C=O) groups excluding carboxylic acids is 1. The van der Waals surface area contributed by atoms with E-state index in [9.17, 15) is 9.18 Å². The fourth-order valence-corrected chi connectivity index (χ4v) is 1.61. The standard InChI is InChI=1S/C13H12ClFN2O2/c1-7(2)11(18)6-12-16-13(17-19-12)8-3-4-10(15)9(14)5-8/h3-5,7H,6H2,1-2H3. The normalized spacial score (nSPS) is 11.0. The lowest BCUT2D eigenvalue weighted by molar-refractivity contribution is -0.121. The lowest BCUT2D eigenvalue weighted by Crippen LogP contribution is -2.10. The zero-order valence-corrected chi connectivity index (χ0v) is 11.2. The minimum atomic E-state index is -0.510. The predicted octanol–water partition coefficient (Wildman–Crippen LogP) is 3.30. The minimum absolute atomic E-state index is 0.0119. The van der Waals surface area contributed by atoms with Crippen molar-refractivity contribution >= 4 is 17.4 Å². The van der Waals surface area contributed by atoms with Gasteiger partial charge in [-0.1, -0.05) is 30.6 Å². The first kappa shape index (κ1) is 13.7. The summed E-state index contributed by atoms with van der Waals surface area (Å²) in [6.07, 6.45) is 0.0968. The summed E-state index contributed by atoms with van der Waals surface area (Å²) in [6.45, 7) is 3.61. The van der Waals surface area contributed by atoms with Gasteiger partial charge in [0.15, 0.2) is 0 Å². The van der Waals surface area contributed by atoms with E-state index in [2.05, 4.69) is 10.1 Å². The van der Waals surface area contributed by atoms with E-state index in [0.29, 0.717) is 5.56 Å². The first-order valence-corrected chi connectivity index (χ1v) is 6.16. The molecule has 0 radical (unpaired) electrons. The molecule has 0 amide bonds. The van der Waals surface area contributed by atoms with Gasteiger partial charge in [-0.05, 0) is 18.2 Å². The number of carbonyl (C=O) groups is 1. The average Bonchev–Trinajstić information content (AvgIpc) is 2.81. The average molecular weight is 283 g/mol. The number of ketones is 1. The van der Waals surface area contributed by atoms with Crippen molar-refractivity contribution in [2.45, 2.75) is 20.3 Å². The predicted molar refractivity (Wildman–Crippen MR) is 68.3 cm³/mol. The van der Waals surface area contributed by atoms with Crippen LogP contribution in [0.15, 0.2) is 22.7 Å². The highest BCUT2D eigenvalue weighted by Gasteiger charge is 2.15. The van der Waals surface area contributed by atoms with E-state index in [0.717, 1.165) is 0 Å². The van der Waals surface area contributed by atoms with Crippen LogP contribution in [0.4, 0.5) is 4.39 Å². The Morgan fingerprint density at radius 3 is 2.84 bits per heavy atom. The van der Waals surface area contributed by atoms with Gasteiger partial charge in [0.2, 0.25) is 11.7 Å². The Labute approximate surface area is 114 Å². The Hall–Kier alpha value is -1.75. The Balaban J connectivity index is 2.21. The molecular formula is C13H12ClFN2O2. The molecule has 6 heteroatoms. The quantitative estimate of drug-likeness (QED) is 0.863. The van der Waals surface area contributed by atoms with Crippen molar-refractivity contribution in [3.05, 3.63) is 34.9 Å². The van der Waals surface area contributed by atoms with Gasteiger partial charge in [0.25, 0.3) is 0 Å². The summed E-state index contributed by atoms with van der Waals surface area (Å²) in [5.41, 5.74) is 0.540. The summed E-state index contributed by atoms with van der Waals surface area (Å²) in [6, 6.07) is 4.14. The maximum absolute atomic E-state index is 13.0. The van der Waals surface area contributed by atoms with Crippen molar-refractivity contribution in [2.75, 3.05) is 0 Å². The summed E-state index contributed by atoms with van der Waals surface area (Å²) in [5, 5.41) is 3.74. The van der Waals surface area contributed by atoms with Crippen LogP contribution in [-0.4, -0.2) is 15.9 Å². The van der Waals surface area contributed by atoms with Gasteiger partial charge in [0, 0.05) is 11.5 Å². The van der Waals surface area contributed by atoms with E-state index in [-0.39, 0.29) is 34.9 Å². The van der Waals surface area contributed by atoms with Gasteiger partial charge in [-0.2, -0.15) is 4.98 Å². The summed E-state index contributed by atoms with van der Waals surface area (Å²) in [7, 11) is 0. The minimum Gasteiger partial charge on any atom is -0.339 e. The van der Waals surface area contributed by atoms with Crippen LogP contribution >= 0.6 is 11.6 Å². The van der Waals surface area contributed by atoms with Crippen LogP contribution in [0.25, 0.3) is 11.4 Å². The molecule has 2 aromatic rings. The molecule has 0 saturated heterocycles. The van der Waals surface area contributed by atoms with E-state index < -0.39 is 5.82 Å². The van der Waals surface area contributed by atoms with Crippen molar-refractivity contribution in [1.82, 2.24) is 10.1 Å². The maximum atomic E-state index is 13.0. The van der Waals surface area contributed by atoms with Crippen molar-refractivity contribution < 1.29 is 13.7 Å². The molecule has 100 valence electrons. The second kappa shape index (κ2) is 5.48. The zero-order chi connectivity index (χ0) is 14.0. The van der Waals surface area contributed by atoms with E-state index in [1.54, 1.807) is 13.8 Å². The number of Topliss-reactive ketones (excluding diaryl/α,β-unsaturated/α-hetero) is 1. The Kier molecular flexibility index (Phi) is 3.95. The molecule has 0 N–H and O–H groups in total. The summed E-state index contributed by atoms with van der Waals surface area (Å²) in [4.78, 5) is 15.7. The third-order valence-electron chi connectivity index (χ3n) is 2.62. The molecule has 1 heterocycles. The van der Waals surface area contributed by atoms with E-state index in [1.165, 1.54) is 18.2 Å². The second-order valence-electron chi connectivity index (χ2n) is 4.44. The van der Waals surface area contributed by atoms with Gasteiger partial charge in [-0.3, -0.25) is 4.79 Å². The number of nitrogens with zero attached hydrogens (tertiary/aromatic N) is 2. The third kappa shape index (κ3) is 3.17. The molecular weight excluding hydrogens is 271 g/mol. The molecule has 0 aliphatic carbocycles. The molecule has 0 aliphatic heterocycles. The highest BCUT2D eigenvalue weighted by atomic mass is 35.5. The van der Waals surface area contributed by atoms with E-state index >= 15 is 0 Å². The van der Waals surface area contributed by atoms with Crippen LogP contribution in [0.3, 0.4) is 0 Å². The summed E-state index contributed by atoms with van der Waals surface area (Å²) < 4.78 is 18.0. The Bertz CT molecular complexity index is 610. The SMILES string of the molecule is CC(C)C(=O)Cc1nc(-c2ccc(F)c(Cl)c2)no1. The van der Waals surface area contributed by atoms with E-state index in [1.807, 2.05) is 0 Å². The maximum Gasteiger partial charge on any atom is 0.234 e. The molecule has 0 spiro atoms. The van der Waals surface area contributed by atoms with Crippen LogP contribution in [0, 0.1) is 11.7 Å². The second-order valence-corrected chi connectivity index (χ2v) is 4.85. The fourth-order valence-electron chi connectivity index (χ4n) is 1.43. The number of halogens is 2. The highest BCUT2D eigenvalue weighted by molar-refractivity contribution is 6.31. The third-order valence-corrected chi connectivity index (χ3v) is 2.90. The number of aromatic nitrogens is 2. The lowest BCUT2D eigenvalue weighted by Gasteiger charge is -1.98. The van der Waals surface area contributed by atoms with E-state index in [4.69, 9.17) is 16.1 Å². The van der Waals surface area contributed by atoms with Gasteiger partial charge >= 0.3 is 0 Å². The van der Waals surface area contributed by atoms with Gasteiger partial charge in [-0.25, -0.2) is 4.39 Å². The van der Waals surface area contributed by atoms with Crippen molar-refractivity contribution in [3.8, 4) is 11.4 Å². The molecule has 0 aliphatic rings. The van der Waals surface area contributed by atoms with Crippen LogP contribution in [0.1, 0.15) is 19.7 Å². The molecule has 0 bridgehead atoms. The van der Waals surface area contributed by atoms with Crippen LogP contribution < -0.4 is 0 Å². The lowest BCUT2D eigenvalue weighted by atomic mass is 10.1. The Morgan fingerprint density at radius 1 is 1.47 bits per heavy atom. The highest BCUT2D eigenvalue weighted by Crippen LogP contribution is 2.22. The number of hydrogen-bond acceptors (Lipinski definition) is 4. The van der Waals surface area contributed by atoms with Crippen molar-refractivity contribution in [2.24, 2.45) is 5.92 Å². The topological polar surface area (TPSA) is 56.0 Å². The molecule has 0 fully saturated rings. The van der Waals surface area contributed by atoms with Crippen molar-refractivity contribution in [1.29, 1.82) is 0 Å². The summed E-state index contributed by atoms with van der Waals surface area (Å²) in [5.74, 6) is -0.0466. The summed E-state index contributed by atoms with van der Waals surface area (Å²) >= 11 is 5.68. The molecule has 4 nitrogen and oxygen atoms in total. The molecule has 0 atom stereocenters. The molecule has 1 aromatic carbocycles. The first-order chi connectivity index (χ1) is 8.97. The Morgan fingerprint density at radius 2 is 2.21 bits per heavy atom. The van der Waals surface area contributed by atoms with Crippen molar-refractivity contribution in [3.63, 3.8) is 0 Å². The van der Waals surface area contributed by atoms with Crippen LogP contribution in [0.2, 0.25) is 5.02 Å². The largest absolute Gasteiger partial charge is 0.339 e. The molecule has 0 unspecified atom stereocenters. The molecule has 1 aromatic heterocycles.